The summed E-state index contributed by atoms with van der Waals surface area (Å²) in [5, 5.41) is 3.45. The zero-order chi connectivity index (χ0) is 15.4. The molecule has 1 heterocycles. The van der Waals surface area contributed by atoms with Crippen LogP contribution >= 0.6 is 11.3 Å². The number of nitrogens with zero attached hydrogens (tertiary/aromatic N) is 1. The predicted molar refractivity (Wildman–Crippen MR) is 88.7 cm³/mol. The molecule has 0 unspecified atom stereocenters. The maximum absolute atomic E-state index is 12.4. The number of anilines is 1. The summed E-state index contributed by atoms with van der Waals surface area (Å²) in [5.41, 5.74) is 7.65. The van der Waals surface area contributed by atoms with E-state index in [4.69, 9.17) is 5.73 Å². The quantitative estimate of drug-likeness (QED) is 0.777. The number of carbonyl (C=O) groups is 1. The average Bonchev–Trinajstić information content (AvgIpc) is 3.01. The molecule has 5 heteroatoms. The number of hydrogen-bond acceptors (Lipinski definition) is 4. The van der Waals surface area contributed by atoms with Crippen molar-refractivity contribution in [2.24, 2.45) is 0 Å². The van der Waals surface area contributed by atoms with Gasteiger partial charge in [-0.15, -0.1) is 0 Å². The second-order valence-corrected chi connectivity index (χ2v) is 5.85. The summed E-state index contributed by atoms with van der Waals surface area (Å²) >= 11 is 1.18. The molecule has 3 rings (SSSR count). The van der Waals surface area contributed by atoms with E-state index in [-0.39, 0.29) is 11.9 Å². The van der Waals surface area contributed by atoms with Gasteiger partial charge in [-0.25, -0.2) is 4.98 Å². The highest BCUT2D eigenvalue weighted by Gasteiger charge is 2.18. The van der Waals surface area contributed by atoms with Crippen molar-refractivity contribution in [1.29, 1.82) is 0 Å². The standard InChI is InChI=1S/C17H15N3OS/c18-17-19-11-14(22-17)16(21)20-15(12-7-3-1-4-8-12)13-9-5-2-6-10-13/h1-11,15H,(H2,18,19)(H,20,21). The molecule has 2 aromatic carbocycles. The molecule has 0 fully saturated rings. The fraction of sp³-hybridized carbons (Fsp3) is 0.0588. The molecule has 0 saturated carbocycles. The first kappa shape index (κ1) is 14.3. The van der Waals surface area contributed by atoms with E-state index in [1.165, 1.54) is 17.5 Å². The summed E-state index contributed by atoms with van der Waals surface area (Å²) in [5.74, 6) is -0.174. The first-order valence-corrected chi connectivity index (χ1v) is 7.68. The smallest absolute Gasteiger partial charge is 0.263 e. The molecule has 110 valence electrons. The van der Waals surface area contributed by atoms with Gasteiger partial charge >= 0.3 is 0 Å². The molecule has 0 atom stereocenters. The van der Waals surface area contributed by atoms with Crippen LogP contribution in [0.25, 0.3) is 0 Å². The van der Waals surface area contributed by atoms with E-state index in [0.717, 1.165) is 11.1 Å². The van der Waals surface area contributed by atoms with Gasteiger partial charge in [0.25, 0.3) is 5.91 Å². The van der Waals surface area contributed by atoms with Crippen molar-refractivity contribution in [2.75, 3.05) is 5.73 Å². The van der Waals surface area contributed by atoms with Gasteiger partial charge in [0.1, 0.15) is 4.88 Å². The molecule has 0 aliphatic carbocycles. The molecule has 3 N–H and O–H groups in total. The molecular weight excluding hydrogens is 294 g/mol. The van der Waals surface area contributed by atoms with Crippen LogP contribution in [0.3, 0.4) is 0 Å². The Morgan fingerprint density at radius 3 is 2.00 bits per heavy atom. The predicted octanol–water partition coefficient (Wildman–Crippen LogP) is 3.24. The fourth-order valence-electron chi connectivity index (χ4n) is 2.24. The van der Waals surface area contributed by atoms with Gasteiger partial charge in [0, 0.05) is 0 Å². The van der Waals surface area contributed by atoms with Crippen LogP contribution in [-0.2, 0) is 0 Å². The van der Waals surface area contributed by atoms with Gasteiger partial charge in [0.15, 0.2) is 5.13 Å². The van der Waals surface area contributed by atoms with Crippen molar-refractivity contribution >= 4 is 22.4 Å². The van der Waals surface area contributed by atoms with Crippen LogP contribution in [-0.4, -0.2) is 10.9 Å². The normalized spacial score (nSPS) is 10.6. The van der Waals surface area contributed by atoms with Crippen molar-refractivity contribution < 1.29 is 4.79 Å². The molecule has 1 aromatic heterocycles. The number of amides is 1. The summed E-state index contributed by atoms with van der Waals surface area (Å²) in [6.45, 7) is 0. The molecule has 0 aliphatic heterocycles. The Kier molecular flexibility index (Phi) is 4.16. The van der Waals surface area contributed by atoms with Crippen LogP contribution in [0.2, 0.25) is 0 Å². The van der Waals surface area contributed by atoms with E-state index in [9.17, 15) is 4.79 Å². The number of hydrogen-bond donors (Lipinski definition) is 2. The molecular formula is C17H15N3OS. The van der Waals surface area contributed by atoms with E-state index < -0.39 is 0 Å². The number of benzene rings is 2. The number of thiazole rings is 1. The van der Waals surface area contributed by atoms with Crippen molar-refractivity contribution in [1.82, 2.24) is 10.3 Å². The minimum absolute atomic E-state index is 0.174. The first-order chi connectivity index (χ1) is 10.7. The second-order valence-electron chi connectivity index (χ2n) is 4.79. The minimum Gasteiger partial charge on any atom is -0.375 e. The minimum atomic E-state index is -0.210. The molecule has 0 bridgehead atoms. The Labute approximate surface area is 132 Å². The highest BCUT2D eigenvalue weighted by Crippen LogP contribution is 2.23. The molecule has 3 aromatic rings. The Morgan fingerprint density at radius 1 is 1.00 bits per heavy atom. The summed E-state index contributed by atoms with van der Waals surface area (Å²) in [6.07, 6.45) is 1.50. The fourth-order valence-corrected chi connectivity index (χ4v) is 2.83. The van der Waals surface area contributed by atoms with Crippen molar-refractivity contribution in [3.63, 3.8) is 0 Å². The third-order valence-corrected chi connectivity index (χ3v) is 4.11. The number of nitrogens with two attached hydrogens (primary N) is 1. The summed E-state index contributed by atoms with van der Waals surface area (Å²) in [4.78, 5) is 16.9. The number of nitrogens with one attached hydrogen (secondary N) is 1. The highest BCUT2D eigenvalue weighted by molar-refractivity contribution is 7.17. The molecule has 0 aliphatic rings. The van der Waals surface area contributed by atoms with Crippen LogP contribution in [0.4, 0.5) is 5.13 Å². The number of aromatic nitrogens is 1. The Balaban J connectivity index is 1.91. The van der Waals surface area contributed by atoms with Gasteiger partial charge in [-0.3, -0.25) is 4.79 Å². The SMILES string of the molecule is Nc1ncc(C(=O)NC(c2ccccc2)c2ccccc2)s1. The van der Waals surface area contributed by atoms with Gasteiger partial charge in [-0.05, 0) is 11.1 Å². The van der Waals surface area contributed by atoms with Crippen LogP contribution in [0.5, 0.6) is 0 Å². The van der Waals surface area contributed by atoms with E-state index >= 15 is 0 Å². The van der Waals surface area contributed by atoms with Crippen LogP contribution < -0.4 is 11.1 Å². The monoisotopic (exact) mass is 309 g/mol. The molecule has 4 nitrogen and oxygen atoms in total. The molecule has 0 saturated heterocycles. The summed E-state index contributed by atoms with van der Waals surface area (Å²) in [6, 6.07) is 19.5. The van der Waals surface area contributed by atoms with Gasteiger partial charge in [-0.1, -0.05) is 72.0 Å². The van der Waals surface area contributed by atoms with Crippen LogP contribution in [0.15, 0.2) is 66.9 Å². The Bertz CT molecular complexity index is 716. The van der Waals surface area contributed by atoms with E-state index in [2.05, 4.69) is 10.3 Å². The van der Waals surface area contributed by atoms with Gasteiger partial charge < -0.3 is 11.1 Å². The van der Waals surface area contributed by atoms with Gasteiger partial charge in [-0.2, -0.15) is 0 Å². The Hall–Kier alpha value is -2.66. The zero-order valence-electron chi connectivity index (χ0n) is 11.8. The molecule has 22 heavy (non-hydrogen) atoms. The topological polar surface area (TPSA) is 68.0 Å². The zero-order valence-corrected chi connectivity index (χ0v) is 12.6. The van der Waals surface area contributed by atoms with Crippen LogP contribution in [0.1, 0.15) is 26.8 Å². The van der Waals surface area contributed by atoms with Crippen molar-refractivity contribution in [3.05, 3.63) is 82.9 Å². The third kappa shape index (κ3) is 3.15. The largest absolute Gasteiger partial charge is 0.375 e. The third-order valence-electron chi connectivity index (χ3n) is 3.29. The summed E-state index contributed by atoms with van der Waals surface area (Å²) < 4.78 is 0. The highest BCUT2D eigenvalue weighted by atomic mass is 32.1. The van der Waals surface area contributed by atoms with Gasteiger partial charge in [0.05, 0.1) is 12.2 Å². The van der Waals surface area contributed by atoms with Gasteiger partial charge in [0.2, 0.25) is 0 Å². The lowest BCUT2D eigenvalue weighted by Gasteiger charge is -2.19. The Morgan fingerprint density at radius 2 is 1.55 bits per heavy atom. The maximum Gasteiger partial charge on any atom is 0.263 e. The average molecular weight is 309 g/mol. The van der Waals surface area contributed by atoms with E-state index in [1.54, 1.807) is 0 Å². The lowest BCUT2D eigenvalue weighted by Crippen LogP contribution is -2.28. The lowest BCUT2D eigenvalue weighted by atomic mass is 9.99. The van der Waals surface area contributed by atoms with E-state index in [0.29, 0.717) is 10.0 Å². The van der Waals surface area contributed by atoms with E-state index in [1.807, 2.05) is 60.7 Å². The second kappa shape index (κ2) is 6.41. The molecule has 0 radical (unpaired) electrons. The first-order valence-electron chi connectivity index (χ1n) is 6.86. The van der Waals surface area contributed by atoms with Crippen LogP contribution in [0, 0.1) is 0 Å². The maximum atomic E-state index is 12.4. The molecule has 1 amide bonds. The number of carbonyl (C=O) groups excluding carboxylic acids is 1. The number of rotatable bonds is 4. The van der Waals surface area contributed by atoms with Crippen molar-refractivity contribution in [2.45, 2.75) is 6.04 Å². The summed E-state index contributed by atoms with van der Waals surface area (Å²) in [7, 11) is 0. The number of nitrogen functional groups attached to an aromatic ring is 1. The molecule has 0 spiro atoms. The van der Waals surface area contributed by atoms with Crippen molar-refractivity contribution in [3.8, 4) is 0 Å². The lowest BCUT2D eigenvalue weighted by molar-refractivity contribution is 0.0947.